The van der Waals surface area contributed by atoms with Crippen molar-refractivity contribution < 1.29 is 23.1 Å². The molecule has 1 aromatic carbocycles. The van der Waals surface area contributed by atoms with Crippen LogP contribution in [-0.4, -0.2) is 46.3 Å². The number of carbonyl (C=O) groups is 1. The normalized spacial score (nSPS) is 11.3. The van der Waals surface area contributed by atoms with Crippen LogP contribution >= 0.6 is 0 Å². The summed E-state index contributed by atoms with van der Waals surface area (Å²) in [6.07, 6.45) is 0.716. The van der Waals surface area contributed by atoms with Crippen LogP contribution in [0.15, 0.2) is 23.1 Å². The predicted molar refractivity (Wildman–Crippen MR) is 79.2 cm³/mol. The first kappa shape index (κ1) is 17.4. The number of ether oxygens (including phenoxy) is 1. The van der Waals surface area contributed by atoms with E-state index >= 15 is 0 Å². The van der Waals surface area contributed by atoms with E-state index in [2.05, 4.69) is 10.0 Å². The largest absolute Gasteiger partial charge is 0.478 e. The van der Waals surface area contributed by atoms with Gasteiger partial charge in [-0.3, -0.25) is 0 Å². The molecule has 0 aliphatic heterocycles. The van der Waals surface area contributed by atoms with Crippen molar-refractivity contribution >= 4 is 21.7 Å². The molecule has 7 nitrogen and oxygen atoms in total. The maximum Gasteiger partial charge on any atom is 0.335 e. The van der Waals surface area contributed by atoms with Gasteiger partial charge >= 0.3 is 5.97 Å². The molecule has 0 atom stereocenters. The Morgan fingerprint density at radius 2 is 2.10 bits per heavy atom. The van der Waals surface area contributed by atoms with Crippen LogP contribution < -0.4 is 10.0 Å². The van der Waals surface area contributed by atoms with Crippen molar-refractivity contribution in [3.63, 3.8) is 0 Å². The van der Waals surface area contributed by atoms with Crippen LogP contribution in [0.25, 0.3) is 0 Å². The van der Waals surface area contributed by atoms with Crippen LogP contribution in [0.4, 0.5) is 5.69 Å². The van der Waals surface area contributed by atoms with Gasteiger partial charge in [0, 0.05) is 19.8 Å². The van der Waals surface area contributed by atoms with Crippen molar-refractivity contribution in [2.24, 2.45) is 0 Å². The van der Waals surface area contributed by atoms with Gasteiger partial charge in [0.1, 0.15) is 4.90 Å². The Bertz CT molecular complexity index is 586. The van der Waals surface area contributed by atoms with Crippen molar-refractivity contribution in [3.05, 3.63) is 23.8 Å². The number of aromatic carboxylic acids is 1. The summed E-state index contributed by atoms with van der Waals surface area (Å²) in [5.74, 6) is -1.18. The number of carboxylic acids is 1. The van der Waals surface area contributed by atoms with E-state index in [-0.39, 0.29) is 10.5 Å². The first-order chi connectivity index (χ1) is 9.92. The molecule has 0 spiro atoms. The van der Waals surface area contributed by atoms with Crippen molar-refractivity contribution in [1.29, 1.82) is 0 Å². The molecule has 0 aliphatic carbocycles. The van der Waals surface area contributed by atoms with Gasteiger partial charge in [-0.05, 0) is 38.6 Å². The smallest absolute Gasteiger partial charge is 0.335 e. The van der Waals surface area contributed by atoms with E-state index in [0.717, 1.165) is 6.07 Å². The van der Waals surface area contributed by atoms with E-state index in [0.29, 0.717) is 31.9 Å². The molecule has 0 aromatic heterocycles. The Hall–Kier alpha value is -1.64. The van der Waals surface area contributed by atoms with Crippen LogP contribution in [0.1, 0.15) is 23.7 Å². The van der Waals surface area contributed by atoms with Crippen LogP contribution in [-0.2, 0) is 14.8 Å². The molecule has 0 saturated heterocycles. The summed E-state index contributed by atoms with van der Waals surface area (Å²) in [6, 6.07) is 3.95. The Kier molecular flexibility index (Phi) is 6.60. The lowest BCUT2D eigenvalue weighted by Crippen LogP contribution is -2.21. The Labute approximate surface area is 124 Å². The Morgan fingerprint density at radius 1 is 1.38 bits per heavy atom. The minimum atomic E-state index is -3.74. The SMILES string of the molecule is CCOCCCNc1ccc(C(=O)O)cc1S(=O)(=O)NC. The molecule has 1 aromatic rings. The van der Waals surface area contributed by atoms with Gasteiger partial charge < -0.3 is 15.2 Å². The summed E-state index contributed by atoms with van der Waals surface area (Å²) in [4.78, 5) is 10.9. The van der Waals surface area contributed by atoms with Crippen LogP contribution in [0.5, 0.6) is 0 Å². The van der Waals surface area contributed by atoms with Crippen LogP contribution in [0.2, 0.25) is 0 Å². The van der Waals surface area contributed by atoms with Gasteiger partial charge in [0.05, 0.1) is 11.3 Å². The van der Waals surface area contributed by atoms with E-state index in [9.17, 15) is 13.2 Å². The fraction of sp³-hybridized carbons (Fsp3) is 0.462. The molecule has 1 rings (SSSR count). The summed E-state index contributed by atoms with van der Waals surface area (Å²) in [6.45, 7) is 3.63. The summed E-state index contributed by atoms with van der Waals surface area (Å²) < 4.78 is 31.3. The number of benzene rings is 1. The molecule has 0 bridgehead atoms. The standard InChI is InChI=1S/C13H20N2O5S/c1-3-20-8-4-7-15-11-6-5-10(13(16)17)9-12(11)21(18,19)14-2/h5-6,9,14-15H,3-4,7-8H2,1-2H3,(H,16,17). The second-order valence-corrected chi connectivity index (χ2v) is 6.06. The fourth-order valence-electron chi connectivity index (χ4n) is 1.68. The number of hydrogen-bond donors (Lipinski definition) is 3. The lowest BCUT2D eigenvalue weighted by atomic mass is 10.2. The van der Waals surface area contributed by atoms with Gasteiger partial charge in [-0.1, -0.05) is 0 Å². The van der Waals surface area contributed by atoms with E-state index in [4.69, 9.17) is 9.84 Å². The summed E-state index contributed by atoms with van der Waals surface area (Å²) in [5, 5.41) is 11.9. The zero-order valence-corrected chi connectivity index (χ0v) is 12.9. The fourth-order valence-corrected chi connectivity index (χ4v) is 2.61. The van der Waals surface area contributed by atoms with Gasteiger partial charge in [0.2, 0.25) is 10.0 Å². The molecule has 3 N–H and O–H groups in total. The van der Waals surface area contributed by atoms with E-state index in [1.807, 2.05) is 6.92 Å². The number of rotatable bonds is 9. The van der Waals surface area contributed by atoms with Crippen LogP contribution in [0.3, 0.4) is 0 Å². The van der Waals surface area contributed by atoms with Gasteiger partial charge in [0.15, 0.2) is 0 Å². The zero-order chi connectivity index (χ0) is 15.9. The lowest BCUT2D eigenvalue weighted by Gasteiger charge is -2.13. The molecule has 8 heteroatoms. The number of nitrogens with one attached hydrogen (secondary N) is 2. The molecule has 0 aliphatic rings. The Balaban J connectivity index is 2.95. The van der Waals surface area contributed by atoms with Crippen molar-refractivity contribution in [3.8, 4) is 0 Å². The second kappa shape index (κ2) is 7.96. The molecule has 0 saturated carbocycles. The highest BCUT2D eigenvalue weighted by atomic mass is 32.2. The molecule has 0 unspecified atom stereocenters. The average Bonchev–Trinajstić information content (AvgIpc) is 2.46. The van der Waals surface area contributed by atoms with Crippen LogP contribution in [0, 0.1) is 0 Å². The van der Waals surface area contributed by atoms with Gasteiger partial charge in [-0.25, -0.2) is 17.9 Å². The van der Waals surface area contributed by atoms with E-state index in [1.165, 1.54) is 19.2 Å². The monoisotopic (exact) mass is 316 g/mol. The van der Waals surface area contributed by atoms with E-state index in [1.54, 1.807) is 0 Å². The summed E-state index contributed by atoms with van der Waals surface area (Å²) >= 11 is 0. The zero-order valence-electron chi connectivity index (χ0n) is 12.0. The van der Waals surface area contributed by atoms with Crippen molar-refractivity contribution in [2.75, 3.05) is 32.1 Å². The third-order valence-corrected chi connectivity index (χ3v) is 4.23. The highest BCUT2D eigenvalue weighted by Gasteiger charge is 2.19. The average molecular weight is 316 g/mol. The summed E-state index contributed by atoms with van der Waals surface area (Å²) in [5.41, 5.74) is 0.287. The molecule has 0 fully saturated rings. The van der Waals surface area contributed by atoms with E-state index < -0.39 is 16.0 Å². The third-order valence-electron chi connectivity index (χ3n) is 2.77. The molecule has 118 valence electrons. The molecular weight excluding hydrogens is 296 g/mol. The second-order valence-electron chi connectivity index (χ2n) is 4.20. The maximum absolute atomic E-state index is 12.0. The predicted octanol–water partition coefficient (Wildman–Crippen LogP) is 1.13. The summed E-state index contributed by atoms with van der Waals surface area (Å²) in [7, 11) is -2.46. The third kappa shape index (κ3) is 5.00. The number of hydrogen-bond acceptors (Lipinski definition) is 5. The molecule has 0 amide bonds. The Morgan fingerprint density at radius 3 is 2.67 bits per heavy atom. The highest BCUT2D eigenvalue weighted by molar-refractivity contribution is 7.89. The molecular formula is C13H20N2O5S. The number of anilines is 1. The maximum atomic E-state index is 12.0. The quantitative estimate of drug-likeness (QED) is 0.590. The first-order valence-electron chi connectivity index (χ1n) is 6.55. The first-order valence-corrected chi connectivity index (χ1v) is 8.03. The molecule has 21 heavy (non-hydrogen) atoms. The van der Waals surface area contributed by atoms with Gasteiger partial charge in [-0.2, -0.15) is 0 Å². The number of carboxylic acid groups (broad SMARTS) is 1. The van der Waals surface area contributed by atoms with Crippen molar-refractivity contribution in [1.82, 2.24) is 4.72 Å². The number of sulfonamides is 1. The van der Waals surface area contributed by atoms with Gasteiger partial charge in [0.25, 0.3) is 0 Å². The highest BCUT2D eigenvalue weighted by Crippen LogP contribution is 2.22. The lowest BCUT2D eigenvalue weighted by molar-refractivity contribution is 0.0696. The molecule has 0 radical (unpaired) electrons. The minimum Gasteiger partial charge on any atom is -0.478 e. The van der Waals surface area contributed by atoms with Crippen molar-refractivity contribution in [2.45, 2.75) is 18.2 Å². The molecule has 0 heterocycles. The minimum absolute atomic E-state index is 0.0799. The van der Waals surface area contributed by atoms with Gasteiger partial charge in [-0.15, -0.1) is 0 Å². The topological polar surface area (TPSA) is 105 Å².